The zero-order chi connectivity index (χ0) is 23.4. The van der Waals surface area contributed by atoms with Gasteiger partial charge < -0.3 is 20.1 Å². The number of amides is 2. The fourth-order valence-corrected chi connectivity index (χ4v) is 6.43. The van der Waals surface area contributed by atoms with Gasteiger partial charge in [-0.15, -0.1) is 0 Å². The maximum absolute atomic E-state index is 12.9. The molecule has 4 aliphatic carbocycles. The summed E-state index contributed by atoms with van der Waals surface area (Å²) in [5.41, 5.74) is 0.867. The molecule has 0 radical (unpaired) electrons. The second-order valence-corrected chi connectivity index (χ2v) is 10.2. The van der Waals surface area contributed by atoms with Crippen molar-refractivity contribution in [1.29, 1.82) is 0 Å². The molecule has 7 nitrogen and oxygen atoms in total. The van der Waals surface area contributed by atoms with Crippen LogP contribution in [-0.2, 0) is 25.5 Å². The third-order valence-corrected chi connectivity index (χ3v) is 7.68. The van der Waals surface area contributed by atoms with Crippen molar-refractivity contribution in [3.8, 4) is 5.75 Å². The van der Waals surface area contributed by atoms with Gasteiger partial charge in [-0.1, -0.05) is 12.1 Å². The average molecular weight is 457 g/mol. The van der Waals surface area contributed by atoms with Crippen LogP contribution in [0.15, 0.2) is 24.3 Å². The number of rotatable bonds is 10. The number of carbonyl (C=O) groups is 3. The Hall–Kier alpha value is -2.57. The number of hydrogen-bond acceptors (Lipinski definition) is 5. The number of carbonyl (C=O) groups excluding carboxylic acids is 3. The molecule has 0 heterocycles. The molecule has 2 amide bonds. The smallest absolute Gasteiger partial charge is 0.308 e. The van der Waals surface area contributed by atoms with Gasteiger partial charge in [0, 0.05) is 18.5 Å². The predicted octanol–water partition coefficient (Wildman–Crippen LogP) is 3.01. The Bertz CT molecular complexity index is 831. The normalized spacial score (nSPS) is 28.1. The van der Waals surface area contributed by atoms with Crippen molar-refractivity contribution >= 4 is 17.8 Å². The van der Waals surface area contributed by atoms with Gasteiger partial charge in [0.25, 0.3) is 5.91 Å². The van der Waals surface area contributed by atoms with E-state index in [2.05, 4.69) is 10.6 Å². The minimum absolute atomic E-state index is 0.0710. The van der Waals surface area contributed by atoms with Crippen LogP contribution in [0.1, 0.15) is 57.4 Å². The Morgan fingerprint density at radius 1 is 0.970 bits per heavy atom. The molecular weight excluding hydrogens is 420 g/mol. The highest BCUT2D eigenvalue weighted by Crippen LogP contribution is 2.60. The summed E-state index contributed by atoms with van der Waals surface area (Å²) in [6, 6.07) is 7.66. The maximum Gasteiger partial charge on any atom is 0.308 e. The monoisotopic (exact) mass is 456 g/mol. The molecular formula is C26H36N2O5. The number of benzene rings is 1. The molecule has 1 aromatic carbocycles. The zero-order valence-electron chi connectivity index (χ0n) is 19.7. The highest BCUT2D eigenvalue weighted by molar-refractivity contribution is 5.85. The van der Waals surface area contributed by atoms with Crippen molar-refractivity contribution in [3.05, 3.63) is 29.8 Å². The third-order valence-electron chi connectivity index (χ3n) is 7.68. The van der Waals surface area contributed by atoms with E-state index in [4.69, 9.17) is 9.47 Å². The SMILES string of the molecule is COc1ccc(CCNC(=O)C(C)OC(=O)CCNC(=O)C23CC4CC(CC(C4)C2)C3)cc1. The van der Waals surface area contributed by atoms with E-state index in [0.29, 0.717) is 30.7 Å². The Kier molecular flexibility index (Phi) is 7.25. The van der Waals surface area contributed by atoms with Gasteiger partial charge in [0.2, 0.25) is 5.91 Å². The fourth-order valence-electron chi connectivity index (χ4n) is 6.43. The van der Waals surface area contributed by atoms with Crippen molar-refractivity contribution < 1.29 is 23.9 Å². The third kappa shape index (κ3) is 5.68. The molecule has 33 heavy (non-hydrogen) atoms. The lowest BCUT2D eigenvalue weighted by Crippen LogP contribution is -2.53. The summed E-state index contributed by atoms with van der Waals surface area (Å²) in [6.45, 7) is 2.27. The van der Waals surface area contributed by atoms with Crippen molar-refractivity contribution in [1.82, 2.24) is 10.6 Å². The van der Waals surface area contributed by atoms with Crippen molar-refractivity contribution in [2.45, 2.75) is 64.4 Å². The van der Waals surface area contributed by atoms with E-state index < -0.39 is 12.1 Å². The van der Waals surface area contributed by atoms with Gasteiger partial charge in [-0.3, -0.25) is 14.4 Å². The summed E-state index contributed by atoms with van der Waals surface area (Å²) in [6.07, 6.45) is 6.76. The van der Waals surface area contributed by atoms with Gasteiger partial charge in [0.15, 0.2) is 6.10 Å². The molecule has 1 atom stereocenters. The van der Waals surface area contributed by atoms with Gasteiger partial charge in [0.05, 0.1) is 13.5 Å². The molecule has 180 valence electrons. The highest BCUT2D eigenvalue weighted by Gasteiger charge is 2.54. The molecule has 0 aromatic heterocycles. The first-order chi connectivity index (χ1) is 15.9. The van der Waals surface area contributed by atoms with E-state index in [0.717, 1.165) is 30.6 Å². The zero-order valence-corrected chi connectivity index (χ0v) is 19.7. The molecule has 2 N–H and O–H groups in total. The fraction of sp³-hybridized carbons (Fsp3) is 0.654. The van der Waals surface area contributed by atoms with Crippen molar-refractivity contribution in [2.24, 2.45) is 23.2 Å². The molecule has 0 aliphatic heterocycles. The van der Waals surface area contributed by atoms with Crippen LogP contribution in [0, 0.1) is 23.2 Å². The van der Waals surface area contributed by atoms with Crippen LogP contribution in [0.3, 0.4) is 0 Å². The Labute approximate surface area is 196 Å². The second-order valence-electron chi connectivity index (χ2n) is 10.2. The summed E-state index contributed by atoms with van der Waals surface area (Å²) >= 11 is 0. The summed E-state index contributed by atoms with van der Waals surface area (Å²) in [7, 11) is 1.62. The molecule has 4 bridgehead atoms. The standard InChI is InChI=1S/C26H36N2O5/c1-17(24(30)27-9-7-18-3-5-22(32-2)6-4-18)33-23(29)8-10-28-25(31)26-14-19-11-20(15-26)13-21(12-19)16-26/h3-6,17,19-21H,7-16H2,1-2H3,(H,27,30)(H,28,31). The predicted molar refractivity (Wildman–Crippen MR) is 123 cm³/mol. The van der Waals surface area contributed by atoms with Crippen LogP contribution in [0.4, 0.5) is 0 Å². The molecule has 0 saturated heterocycles. The Morgan fingerprint density at radius 3 is 2.15 bits per heavy atom. The van der Waals surface area contributed by atoms with Gasteiger partial charge in [-0.2, -0.15) is 0 Å². The summed E-state index contributed by atoms with van der Waals surface area (Å²) in [5.74, 6) is 2.22. The highest BCUT2D eigenvalue weighted by atomic mass is 16.5. The van der Waals surface area contributed by atoms with Crippen LogP contribution in [-0.4, -0.2) is 44.1 Å². The largest absolute Gasteiger partial charge is 0.497 e. The van der Waals surface area contributed by atoms with Crippen molar-refractivity contribution in [2.75, 3.05) is 20.2 Å². The quantitative estimate of drug-likeness (QED) is 0.528. The average Bonchev–Trinajstić information content (AvgIpc) is 2.78. The molecule has 5 rings (SSSR count). The van der Waals surface area contributed by atoms with E-state index in [-0.39, 0.29) is 30.2 Å². The number of ether oxygens (including phenoxy) is 2. The van der Waals surface area contributed by atoms with Crippen molar-refractivity contribution in [3.63, 3.8) is 0 Å². The lowest BCUT2D eigenvalue weighted by atomic mass is 9.49. The Balaban J connectivity index is 1.13. The molecule has 7 heteroatoms. The summed E-state index contributed by atoms with van der Waals surface area (Å²) in [4.78, 5) is 37.4. The molecule has 4 saturated carbocycles. The number of hydrogen-bond donors (Lipinski definition) is 2. The van der Waals surface area contributed by atoms with E-state index in [9.17, 15) is 14.4 Å². The van der Waals surface area contributed by atoms with E-state index in [1.54, 1.807) is 14.0 Å². The van der Waals surface area contributed by atoms with Gasteiger partial charge in [-0.05, 0) is 87.3 Å². The summed E-state index contributed by atoms with van der Waals surface area (Å²) < 4.78 is 10.4. The van der Waals surface area contributed by atoms with E-state index >= 15 is 0 Å². The summed E-state index contributed by atoms with van der Waals surface area (Å²) in [5, 5.41) is 5.78. The van der Waals surface area contributed by atoms with Crippen LogP contribution in [0.5, 0.6) is 5.75 Å². The molecule has 1 unspecified atom stereocenters. The number of nitrogens with one attached hydrogen (secondary N) is 2. The molecule has 0 spiro atoms. The van der Waals surface area contributed by atoms with Crippen LogP contribution < -0.4 is 15.4 Å². The van der Waals surface area contributed by atoms with E-state index in [1.165, 1.54) is 19.3 Å². The van der Waals surface area contributed by atoms with Crippen LogP contribution in [0.2, 0.25) is 0 Å². The first kappa shape index (κ1) is 23.6. The lowest BCUT2D eigenvalue weighted by Gasteiger charge is -2.55. The maximum atomic E-state index is 12.9. The molecule has 4 fully saturated rings. The first-order valence-electron chi connectivity index (χ1n) is 12.3. The van der Waals surface area contributed by atoms with Gasteiger partial charge in [-0.25, -0.2) is 0 Å². The molecule has 1 aromatic rings. The number of esters is 1. The second kappa shape index (κ2) is 10.1. The number of methoxy groups -OCH3 is 1. The minimum atomic E-state index is -0.868. The van der Waals surface area contributed by atoms with Gasteiger partial charge in [0.1, 0.15) is 5.75 Å². The van der Waals surface area contributed by atoms with E-state index in [1.807, 2.05) is 24.3 Å². The van der Waals surface area contributed by atoms with Crippen LogP contribution in [0.25, 0.3) is 0 Å². The van der Waals surface area contributed by atoms with Crippen LogP contribution >= 0.6 is 0 Å². The first-order valence-corrected chi connectivity index (χ1v) is 12.3. The Morgan fingerprint density at radius 2 is 1.58 bits per heavy atom. The van der Waals surface area contributed by atoms with Gasteiger partial charge >= 0.3 is 5.97 Å². The molecule has 4 aliphatic rings. The topological polar surface area (TPSA) is 93.7 Å². The minimum Gasteiger partial charge on any atom is -0.497 e. The lowest BCUT2D eigenvalue weighted by molar-refractivity contribution is -0.155.